The smallest absolute Gasteiger partial charge is 0.332 e. The molecule has 82 valence electrons. The van der Waals surface area contributed by atoms with E-state index in [1.165, 1.54) is 31.4 Å². The second-order valence-corrected chi connectivity index (χ2v) is 5.14. The highest BCUT2D eigenvalue weighted by Gasteiger charge is 2.52. The molecule has 0 aromatic rings. The molecule has 0 heterocycles. The summed E-state index contributed by atoms with van der Waals surface area (Å²) in [6, 6.07) is -0.548. The molecule has 2 bridgehead atoms. The van der Waals surface area contributed by atoms with Crippen molar-refractivity contribution in [1.82, 2.24) is 5.43 Å². The van der Waals surface area contributed by atoms with Crippen LogP contribution in [0.25, 0.3) is 0 Å². The van der Waals surface area contributed by atoms with Crippen LogP contribution in [-0.2, 0) is 0 Å². The lowest BCUT2D eigenvalue weighted by molar-refractivity contribution is 0.249. The lowest BCUT2D eigenvalue weighted by atomic mass is 9.81. The molecule has 4 heteroatoms. The first-order valence-electron chi connectivity index (χ1n) is 5.87. The second kappa shape index (κ2) is 3.22. The molecule has 3 rings (SSSR count). The number of hydrogen-bond donors (Lipinski definition) is 2. The highest BCUT2D eigenvalue weighted by atomic mass is 16.2. The number of hydrogen-bond acceptors (Lipinski definition) is 2. The number of nitrogens with zero attached hydrogens (tertiary/aromatic N) is 1. The number of primary amides is 1. The zero-order chi connectivity index (χ0) is 10.4. The molecule has 0 aromatic carbocycles. The third-order valence-corrected chi connectivity index (χ3v) is 4.51. The average Bonchev–Trinajstić information content (AvgIpc) is 2.86. The molecule has 3 aliphatic carbocycles. The number of fused-ring (bicyclic) bond motifs is 5. The Morgan fingerprint density at radius 3 is 3.00 bits per heavy atom. The van der Waals surface area contributed by atoms with Gasteiger partial charge < -0.3 is 5.73 Å². The van der Waals surface area contributed by atoms with Gasteiger partial charge in [-0.1, -0.05) is 6.42 Å². The summed E-state index contributed by atoms with van der Waals surface area (Å²) in [6.45, 7) is 0. The van der Waals surface area contributed by atoms with Crippen molar-refractivity contribution in [1.29, 1.82) is 0 Å². The molecule has 3 fully saturated rings. The van der Waals surface area contributed by atoms with Crippen LogP contribution in [0.5, 0.6) is 0 Å². The van der Waals surface area contributed by atoms with Gasteiger partial charge in [0.25, 0.3) is 0 Å². The fourth-order valence-electron chi connectivity index (χ4n) is 4.07. The van der Waals surface area contributed by atoms with Gasteiger partial charge >= 0.3 is 6.03 Å². The molecule has 0 saturated heterocycles. The van der Waals surface area contributed by atoms with Crippen molar-refractivity contribution in [2.24, 2.45) is 34.5 Å². The summed E-state index contributed by atoms with van der Waals surface area (Å²) in [5.41, 5.74) is 8.59. The van der Waals surface area contributed by atoms with Gasteiger partial charge in [0, 0.05) is 11.6 Å². The van der Waals surface area contributed by atoms with E-state index in [4.69, 9.17) is 5.73 Å². The van der Waals surface area contributed by atoms with E-state index in [1.807, 2.05) is 0 Å². The molecule has 4 nitrogen and oxygen atoms in total. The van der Waals surface area contributed by atoms with Gasteiger partial charge in [0.1, 0.15) is 0 Å². The maximum atomic E-state index is 10.6. The molecule has 2 amide bonds. The van der Waals surface area contributed by atoms with Crippen molar-refractivity contribution in [3.05, 3.63) is 0 Å². The Hall–Kier alpha value is -1.06. The van der Waals surface area contributed by atoms with E-state index in [2.05, 4.69) is 10.5 Å². The summed E-state index contributed by atoms with van der Waals surface area (Å²) in [7, 11) is 0. The van der Waals surface area contributed by atoms with Crippen LogP contribution in [-0.4, -0.2) is 11.7 Å². The van der Waals surface area contributed by atoms with E-state index in [9.17, 15) is 4.79 Å². The number of amides is 2. The monoisotopic (exact) mass is 207 g/mol. The van der Waals surface area contributed by atoms with E-state index in [0.29, 0.717) is 5.92 Å². The zero-order valence-electron chi connectivity index (χ0n) is 8.78. The van der Waals surface area contributed by atoms with Crippen LogP contribution < -0.4 is 11.2 Å². The largest absolute Gasteiger partial charge is 0.350 e. The molecule has 0 aromatic heterocycles. The normalized spacial score (nSPS) is 44.7. The number of nitrogens with two attached hydrogens (primary N) is 1. The van der Waals surface area contributed by atoms with E-state index in [0.717, 1.165) is 24.2 Å². The summed E-state index contributed by atoms with van der Waals surface area (Å²) < 4.78 is 0. The maximum Gasteiger partial charge on any atom is 0.332 e. The van der Waals surface area contributed by atoms with E-state index in [1.54, 1.807) is 0 Å². The molecular weight excluding hydrogens is 190 g/mol. The lowest BCUT2D eigenvalue weighted by Crippen LogP contribution is -2.30. The number of urea groups is 1. The van der Waals surface area contributed by atoms with Gasteiger partial charge in [-0.3, -0.25) is 0 Å². The van der Waals surface area contributed by atoms with Gasteiger partial charge in [0.15, 0.2) is 0 Å². The van der Waals surface area contributed by atoms with Crippen molar-refractivity contribution >= 4 is 11.7 Å². The van der Waals surface area contributed by atoms with Crippen molar-refractivity contribution in [2.75, 3.05) is 0 Å². The van der Waals surface area contributed by atoms with Crippen LogP contribution in [0.3, 0.4) is 0 Å². The van der Waals surface area contributed by atoms with Crippen LogP contribution >= 0.6 is 0 Å². The number of rotatable bonds is 1. The zero-order valence-corrected chi connectivity index (χ0v) is 8.78. The molecule has 0 radical (unpaired) electrons. The molecule has 3 N–H and O–H groups in total. The van der Waals surface area contributed by atoms with E-state index in [-0.39, 0.29) is 0 Å². The second-order valence-electron chi connectivity index (χ2n) is 5.14. The Morgan fingerprint density at radius 2 is 2.20 bits per heavy atom. The molecule has 4 unspecified atom stereocenters. The van der Waals surface area contributed by atoms with Crippen LogP contribution in [0, 0.1) is 23.7 Å². The predicted molar refractivity (Wildman–Crippen MR) is 57.2 cm³/mol. The van der Waals surface area contributed by atoms with E-state index < -0.39 is 6.03 Å². The van der Waals surface area contributed by atoms with Crippen molar-refractivity contribution in [3.8, 4) is 0 Å². The molecule has 0 aliphatic heterocycles. The van der Waals surface area contributed by atoms with Crippen molar-refractivity contribution in [3.63, 3.8) is 0 Å². The topological polar surface area (TPSA) is 67.5 Å². The quantitative estimate of drug-likeness (QED) is 0.628. The third-order valence-electron chi connectivity index (χ3n) is 4.51. The molecule has 15 heavy (non-hydrogen) atoms. The van der Waals surface area contributed by atoms with Gasteiger partial charge in [-0.25, -0.2) is 10.2 Å². The summed E-state index contributed by atoms with van der Waals surface area (Å²) in [6.07, 6.45) is 6.56. The van der Waals surface area contributed by atoms with Gasteiger partial charge in [-0.2, -0.15) is 5.10 Å². The first-order chi connectivity index (χ1) is 7.25. The number of nitrogens with one attached hydrogen (secondary N) is 1. The fraction of sp³-hybridized carbons (Fsp3) is 0.818. The van der Waals surface area contributed by atoms with Gasteiger partial charge in [0.2, 0.25) is 0 Å². The highest BCUT2D eigenvalue weighted by molar-refractivity contribution is 5.91. The number of hydrazone groups is 1. The Bertz CT molecular complexity index is 326. The van der Waals surface area contributed by atoms with Crippen molar-refractivity contribution < 1.29 is 4.79 Å². The Labute approximate surface area is 89.3 Å². The standard InChI is InChI=1S/C11H17N3O/c12-11(15)14-13-10-5-6-4-9(10)8-3-1-2-7(6)8/h6-9H,1-5H2,(H3,12,14,15)/b13-10+. The average molecular weight is 207 g/mol. The SMILES string of the molecule is NC(=O)N/N=C1\CC2CC1C1CCCC21. The first kappa shape index (κ1) is 9.19. The molecule has 3 saturated carbocycles. The van der Waals surface area contributed by atoms with Gasteiger partial charge in [-0.15, -0.1) is 0 Å². The summed E-state index contributed by atoms with van der Waals surface area (Å²) in [4.78, 5) is 10.6. The Kier molecular flexibility index (Phi) is 1.97. The van der Waals surface area contributed by atoms with Gasteiger partial charge in [0.05, 0.1) is 0 Å². The molecule has 3 aliphatic rings. The minimum atomic E-state index is -0.548. The maximum absolute atomic E-state index is 10.6. The van der Waals surface area contributed by atoms with Crippen LogP contribution in [0.15, 0.2) is 5.10 Å². The van der Waals surface area contributed by atoms with Crippen LogP contribution in [0.1, 0.15) is 32.1 Å². The first-order valence-corrected chi connectivity index (χ1v) is 5.87. The van der Waals surface area contributed by atoms with Crippen LogP contribution in [0.4, 0.5) is 4.79 Å². The minimum Gasteiger partial charge on any atom is -0.350 e. The summed E-state index contributed by atoms with van der Waals surface area (Å²) in [5.74, 6) is 3.31. The van der Waals surface area contributed by atoms with Gasteiger partial charge in [-0.05, 0) is 43.4 Å². The third kappa shape index (κ3) is 1.34. The summed E-state index contributed by atoms with van der Waals surface area (Å²) >= 11 is 0. The Balaban J connectivity index is 1.75. The van der Waals surface area contributed by atoms with E-state index >= 15 is 0 Å². The predicted octanol–water partition coefficient (Wildman–Crippen LogP) is 1.47. The minimum absolute atomic E-state index is 0.548. The molecule has 4 atom stereocenters. The van der Waals surface area contributed by atoms with Crippen LogP contribution in [0.2, 0.25) is 0 Å². The Morgan fingerprint density at radius 1 is 1.40 bits per heavy atom. The number of carbonyl (C=O) groups is 1. The fourth-order valence-corrected chi connectivity index (χ4v) is 4.07. The lowest BCUT2D eigenvalue weighted by Gasteiger charge is -2.25. The van der Waals surface area contributed by atoms with Crippen molar-refractivity contribution in [2.45, 2.75) is 32.1 Å². The molecule has 0 spiro atoms. The summed E-state index contributed by atoms with van der Waals surface area (Å²) in [5, 5.41) is 4.16. The highest BCUT2D eigenvalue weighted by Crippen LogP contribution is 2.57. The number of carbonyl (C=O) groups excluding carboxylic acids is 1. The molecular formula is C11H17N3O.